The van der Waals surface area contributed by atoms with Crippen molar-refractivity contribution in [2.24, 2.45) is 0 Å². The quantitative estimate of drug-likeness (QED) is 0.910. The normalized spacial score (nSPS) is 14.0. The van der Waals surface area contributed by atoms with Gasteiger partial charge in [-0.2, -0.15) is 0 Å². The molecule has 5 heteroatoms. The smallest absolute Gasteiger partial charge is 0.246 e. The zero-order valence-corrected chi connectivity index (χ0v) is 13.3. The minimum atomic E-state index is -0.376. The number of hydrogen-bond donors (Lipinski definition) is 2. The van der Waals surface area contributed by atoms with E-state index in [0.717, 1.165) is 22.7 Å². The number of aryl methyl sites for hydroxylation is 1. The first-order valence-electron chi connectivity index (χ1n) is 7.65. The molecule has 0 aromatic heterocycles. The second kappa shape index (κ2) is 6.60. The van der Waals surface area contributed by atoms with Crippen molar-refractivity contribution in [3.63, 3.8) is 0 Å². The Labute approximate surface area is 135 Å². The van der Waals surface area contributed by atoms with Crippen molar-refractivity contribution in [3.05, 3.63) is 48.0 Å². The van der Waals surface area contributed by atoms with E-state index in [-0.39, 0.29) is 11.9 Å². The lowest BCUT2D eigenvalue weighted by Crippen LogP contribution is -2.31. The Kier molecular flexibility index (Phi) is 4.37. The number of carbonyl (C=O) groups excluding carboxylic acids is 1. The van der Waals surface area contributed by atoms with Gasteiger partial charge in [0.05, 0.1) is 0 Å². The van der Waals surface area contributed by atoms with Crippen molar-refractivity contribution < 1.29 is 14.3 Å². The van der Waals surface area contributed by atoms with E-state index in [4.69, 9.17) is 9.47 Å². The summed E-state index contributed by atoms with van der Waals surface area (Å²) in [6.45, 7) is 4.94. The van der Waals surface area contributed by atoms with Gasteiger partial charge in [0.1, 0.15) is 19.3 Å². The molecule has 1 unspecified atom stereocenters. The van der Waals surface area contributed by atoms with Gasteiger partial charge in [-0.3, -0.25) is 4.79 Å². The molecule has 0 saturated carbocycles. The molecule has 1 aliphatic rings. The molecule has 0 aliphatic carbocycles. The zero-order valence-electron chi connectivity index (χ0n) is 13.3. The van der Waals surface area contributed by atoms with E-state index >= 15 is 0 Å². The molecule has 1 amide bonds. The second-order valence-corrected chi connectivity index (χ2v) is 5.58. The third-order valence-electron chi connectivity index (χ3n) is 3.64. The summed E-state index contributed by atoms with van der Waals surface area (Å²) in [5, 5.41) is 6.07. The van der Waals surface area contributed by atoms with Gasteiger partial charge >= 0.3 is 0 Å². The number of nitrogens with one attached hydrogen (secondary N) is 2. The van der Waals surface area contributed by atoms with Crippen LogP contribution in [0.1, 0.15) is 12.5 Å². The molecule has 23 heavy (non-hydrogen) atoms. The highest BCUT2D eigenvalue weighted by molar-refractivity contribution is 5.96. The van der Waals surface area contributed by atoms with Gasteiger partial charge < -0.3 is 20.1 Å². The van der Waals surface area contributed by atoms with Gasteiger partial charge in [0.15, 0.2) is 11.5 Å². The van der Waals surface area contributed by atoms with Gasteiger partial charge in [0, 0.05) is 17.4 Å². The molecule has 0 radical (unpaired) electrons. The average molecular weight is 312 g/mol. The largest absolute Gasteiger partial charge is 0.486 e. The van der Waals surface area contributed by atoms with Gasteiger partial charge in [-0.15, -0.1) is 0 Å². The Morgan fingerprint density at radius 1 is 1.00 bits per heavy atom. The van der Waals surface area contributed by atoms with Gasteiger partial charge in [-0.05, 0) is 38.1 Å². The van der Waals surface area contributed by atoms with E-state index in [1.165, 1.54) is 0 Å². The Morgan fingerprint density at radius 3 is 2.39 bits per heavy atom. The number of anilines is 2. The monoisotopic (exact) mass is 312 g/mol. The number of benzene rings is 2. The number of hydrogen-bond acceptors (Lipinski definition) is 4. The van der Waals surface area contributed by atoms with E-state index < -0.39 is 0 Å². The zero-order chi connectivity index (χ0) is 16.2. The van der Waals surface area contributed by atoms with Crippen molar-refractivity contribution >= 4 is 17.3 Å². The fourth-order valence-electron chi connectivity index (χ4n) is 2.34. The van der Waals surface area contributed by atoms with E-state index in [1.807, 2.05) is 56.3 Å². The van der Waals surface area contributed by atoms with Crippen molar-refractivity contribution in [1.29, 1.82) is 0 Å². The molecule has 1 aliphatic heterocycles. The van der Waals surface area contributed by atoms with Gasteiger partial charge in [0.25, 0.3) is 0 Å². The maximum Gasteiger partial charge on any atom is 0.246 e. The Morgan fingerprint density at radius 2 is 1.65 bits per heavy atom. The van der Waals surface area contributed by atoms with Gasteiger partial charge in [0.2, 0.25) is 5.91 Å². The van der Waals surface area contributed by atoms with E-state index in [0.29, 0.717) is 19.0 Å². The lowest BCUT2D eigenvalue weighted by Gasteiger charge is -2.20. The van der Waals surface area contributed by atoms with Crippen molar-refractivity contribution in [1.82, 2.24) is 0 Å². The molecule has 0 fully saturated rings. The maximum absolute atomic E-state index is 12.3. The van der Waals surface area contributed by atoms with Gasteiger partial charge in [-0.1, -0.05) is 17.7 Å². The Bertz CT molecular complexity index is 698. The SMILES string of the molecule is Cc1ccc(NC(=O)C(C)Nc2ccc3c(c2)OCCO3)cc1. The van der Waals surface area contributed by atoms with Crippen LogP contribution in [0, 0.1) is 6.92 Å². The molecule has 3 rings (SSSR count). The maximum atomic E-state index is 12.3. The van der Waals surface area contributed by atoms with Crippen LogP contribution >= 0.6 is 0 Å². The topological polar surface area (TPSA) is 59.6 Å². The number of fused-ring (bicyclic) bond motifs is 1. The van der Waals surface area contributed by atoms with Gasteiger partial charge in [-0.25, -0.2) is 0 Å². The van der Waals surface area contributed by atoms with Crippen LogP contribution in [0.25, 0.3) is 0 Å². The molecular weight excluding hydrogens is 292 g/mol. The van der Waals surface area contributed by atoms with Crippen LogP contribution in [0.3, 0.4) is 0 Å². The van der Waals surface area contributed by atoms with Crippen LogP contribution in [-0.4, -0.2) is 25.2 Å². The molecule has 2 aromatic carbocycles. The number of rotatable bonds is 4. The minimum absolute atomic E-state index is 0.0938. The molecule has 1 atom stereocenters. The molecule has 0 spiro atoms. The number of amides is 1. The lowest BCUT2D eigenvalue weighted by molar-refractivity contribution is -0.116. The summed E-state index contributed by atoms with van der Waals surface area (Å²) < 4.78 is 11.0. The number of carbonyl (C=O) groups is 1. The van der Waals surface area contributed by atoms with Crippen molar-refractivity contribution in [2.45, 2.75) is 19.9 Å². The van der Waals surface area contributed by atoms with Crippen LogP contribution in [0.2, 0.25) is 0 Å². The molecule has 0 bridgehead atoms. The predicted octanol–water partition coefficient (Wildman–Crippen LogP) is 3.21. The summed E-state index contributed by atoms with van der Waals surface area (Å²) in [4.78, 5) is 12.3. The molecule has 2 N–H and O–H groups in total. The highest BCUT2D eigenvalue weighted by Gasteiger charge is 2.16. The first-order chi connectivity index (χ1) is 11.1. The Balaban J connectivity index is 1.62. The lowest BCUT2D eigenvalue weighted by atomic mass is 10.2. The third-order valence-corrected chi connectivity index (χ3v) is 3.64. The summed E-state index contributed by atoms with van der Waals surface area (Å²) in [7, 11) is 0. The Hall–Kier alpha value is -2.69. The third kappa shape index (κ3) is 3.74. The fourth-order valence-corrected chi connectivity index (χ4v) is 2.34. The van der Waals surface area contributed by atoms with E-state index in [2.05, 4.69) is 10.6 Å². The summed E-state index contributed by atoms with van der Waals surface area (Å²) in [5.74, 6) is 1.34. The standard InChI is InChI=1S/C18H20N2O3/c1-12-3-5-14(6-4-12)20-18(21)13(2)19-15-7-8-16-17(11-15)23-10-9-22-16/h3-8,11,13,19H,9-10H2,1-2H3,(H,20,21). The van der Waals surface area contributed by atoms with Crippen LogP contribution in [0.4, 0.5) is 11.4 Å². The van der Waals surface area contributed by atoms with E-state index in [9.17, 15) is 4.79 Å². The molecule has 0 saturated heterocycles. The first kappa shape index (κ1) is 15.2. The highest BCUT2D eigenvalue weighted by Crippen LogP contribution is 2.32. The van der Waals surface area contributed by atoms with Crippen LogP contribution in [-0.2, 0) is 4.79 Å². The summed E-state index contributed by atoms with van der Waals surface area (Å²) >= 11 is 0. The van der Waals surface area contributed by atoms with Crippen molar-refractivity contribution in [2.75, 3.05) is 23.8 Å². The van der Waals surface area contributed by atoms with E-state index in [1.54, 1.807) is 0 Å². The number of ether oxygens (including phenoxy) is 2. The minimum Gasteiger partial charge on any atom is -0.486 e. The predicted molar refractivity (Wildman–Crippen MR) is 90.3 cm³/mol. The molecular formula is C18H20N2O3. The summed E-state index contributed by atoms with van der Waals surface area (Å²) in [6.07, 6.45) is 0. The molecule has 120 valence electrons. The summed E-state index contributed by atoms with van der Waals surface area (Å²) in [6, 6.07) is 12.9. The van der Waals surface area contributed by atoms with Crippen LogP contribution < -0.4 is 20.1 Å². The first-order valence-corrected chi connectivity index (χ1v) is 7.65. The summed E-state index contributed by atoms with van der Waals surface area (Å²) in [5.41, 5.74) is 2.77. The highest BCUT2D eigenvalue weighted by atomic mass is 16.6. The molecule has 5 nitrogen and oxygen atoms in total. The second-order valence-electron chi connectivity index (χ2n) is 5.58. The van der Waals surface area contributed by atoms with Crippen LogP contribution in [0.5, 0.6) is 11.5 Å². The van der Waals surface area contributed by atoms with Crippen LogP contribution in [0.15, 0.2) is 42.5 Å². The average Bonchev–Trinajstić information content (AvgIpc) is 2.56. The van der Waals surface area contributed by atoms with Crippen molar-refractivity contribution in [3.8, 4) is 11.5 Å². The fraction of sp³-hybridized carbons (Fsp3) is 0.278. The molecule has 1 heterocycles. The molecule has 2 aromatic rings.